The molecule has 0 N–H and O–H groups in total. The molecule has 0 amide bonds. The second kappa shape index (κ2) is 6.60. The number of aliphatic imine (C=N–C) groups is 1. The molecule has 2 rings (SSSR count). The van der Waals surface area contributed by atoms with Crippen molar-refractivity contribution < 1.29 is 9.47 Å². The van der Waals surface area contributed by atoms with Gasteiger partial charge >= 0.3 is 0 Å². The molecule has 0 spiro atoms. The second-order valence-corrected chi connectivity index (χ2v) is 7.57. The first-order chi connectivity index (χ1) is 10.6. The summed E-state index contributed by atoms with van der Waals surface area (Å²) < 4.78 is 11.2. The Morgan fingerprint density at radius 3 is 2.30 bits per heavy atom. The minimum atomic E-state index is -0.994. The van der Waals surface area contributed by atoms with E-state index in [4.69, 9.17) is 44.3 Å². The van der Waals surface area contributed by atoms with Gasteiger partial charge in [-0.25, -0.2) is 9.98 Å². The van der Waals surface area contributed by atoms with Gasteiger partial charge in [-0.05, 0) is 11.5 Å². The van der Waals surface area contributed by atoms with E-state index in [-0.39, 0.29) is 16.5 Å². The Bertz CT molecular complexity index is 668. The van der Waals surface area contributed by atoms with E-state index in [1.54, 1.807) is 32.4 Å². The molecule has 23 heavy (non-hydrogen) atoms. The molecule has 2 heterocycles. The van der Waals surface area contributed by atoms with E-state index < -0.39 is 5.60 Å². The van der Waals surface area contributed by atoms with Crippen molar-refractivity contribution in [1.82, 2.24) is 4.98 Å². The lowest BCUT2D eigenvalue weighted by Crippen LogP contribution is -2.47. The van der Waals surface area contributed by atoms with Crippen molar-refractivity contribution in [2.45, 2.75) is 26.4 Å². The molecule has 0 saturated heterocycles. The van der Waals surface area contributed by atoms with Crippen LogP contribution < -0.4 is 4.74 Å². The summed E-state index contributed by atoms with van der Waals surface area (Å²) in [5.41, 5.74) is -0.690. The van der Waals surface area contributed by atoms with Gasteiger partial charge in [0.05, 0.1) is 18.7 Å². The largest absolute Gasteiger partial charge is 0.497 e. The Morgan fingerprint density at radius 1 is 1.13 bits per heavy atom. The number of pyridine rings is 1. The molecular weight excluding hydrogens is 359 g/mol. The molecule has 7 heteroatoms. The van der Waals surface area contributed by atoms with Gasteiger partial charge < -0.3 is 9.47 Å². The summed E-state index contributed by atoms with van der Waals surface area (Å²) in [4.78, 5) is 8.63. The number of aromatic nitrogens is 1. The van der Waals surface area contributed by atoms with Crippen LogP contribution in [0.4, 0.5) is 0 Å². The summed E-state index contributed by atoms with van der Waals surface area (Å²) in [6.07, 6.45) is 1.72. The van der Waals surface area contributed by atoms with Crippen molar-refractivity contribution in [1.29, 1.82) is 0 Å². The average Bonchev–Trinajstić information content (AvgIpc) is 2.43. The van der Waals surface area contributed by atoms with Crippen molar-refractivity contribution in [3.8, 4) is 5.75 Å². The number of hydrogen-bond donors (Lipinski definition) is 0. The van der Waals surface area contributed by atoms with E-state index in [9.17, 15) is 0 Å². The number of hydrogen-bond acceptors (Lipinski definition) is 4. The Labute approximate surface area is 151 Å². The van der Waals surface area contributed by atoms with Crippen molar-refractivity contribution in [3.63, 3.8) is 0 Å². The summed E-state index contributed by atoms with van der Waals surface area (Å²) in [6.45, 7) is 6.16. The third-order valence-corrected chi connectivity index (χ3v) is 4.51. The van der Waals surface area contributed by atoms with Gasteiger partial charge in [-0.2, -0.15) is 0 Å². The first kappa shape index (κ1) is 18.5. The molecule has 1 aliphatic heterocycles. The van der Waals surface area contributed by atoms with E-state index in [0.29, 0.717) is 21.8 Å². The lowest BCUT2D eigenvalue weighted by atomic mass is 9.68. The van der Waals surface area contributed by atoms with Crippen LogP contribution in [-0.4, -0.2) is 24.4 Å². The van der Waals surface area contributed by atoms with Crippen molar-refractivity contribution in [2.75, 3.05) is 14.2 Å². The van der Waals surface area contributed by atoms with Crippen molar-refractivity contribution >= 4 is 40.0 Å². The number of halogens is 3. The molecule has 0 fully saturated rings. The standard InChI is InChI=1S/C16H19Cl3N2O2/c1-15(2,3)13-14(19)21-12(18)8-16(13,23-5)10-6-9(22-4)7-11(17)20-10/h6-8,13H,1-5H3. The van der Waals surface area contributed by atoms with Gasteiger partial charge in [-0.3, -0.25) is 0 Å². The number of rotatable bonds is 3. The van der Waals surface area contributed by atoms with Gasteiger partial charge in [0.25, 0.3) is 0 Å². The highest BCUT2D eigenvalue weighted by Crippen LogP contribution is 2.49. The van der Waals surface area contributed by atoms with Crippen LogP contribution in [0, 0.1) is 11.3 Å². The molecule has 1 aliphatic rings. The maximum absolute atomic E-state index is 6.44. The predicted octanol–water partition coefficient (Wildman–Crippen LogP) is 4.98. The first-order valence-corrected chi connectivity index (χ1v) is 8.17. The molecule has 2 atom stereocenters. The molecule has 0 aromatic carbocycles. The molecule has 0 aliphatic carbocycles. The molecule has 0 radical (unpaired) electrons. The molecule has 126 valence electrons. The van der Waals surface area contributed by atoms with E-state index in [1.165, 1.54) is 0 Å². The normalized spacial score (nSPS) is 25.0. The lowest BCUT2D eigenvalue weighted by Gasteiger charge is -2.44. The fourth-order valence-electron chi connectivity index (χ4n) is 2.93. The molecular formula is C16H19Cl3N2O2. The predicted molar refractivity (Wildman–Crippen MR) is 94.7 cm³/mol. The zero-order valence-electron chi connectivity index (χ0n) is 13.7. The van der Waals surface area contributed by atoms with Gasteiger partial charge in [0.1, 0.15) is 26.8 Å². The third kappa shape index (κ3) is 3.50. The fraction of sp³-hybridized carbons (Fsp3) is 0.500. The van der Waals surface area contributed by atoms with Crippen LogP contribution in [0.15, 0.2) is 28.4 Å². The van der Waals surface area contributed by atoms with E-state index in [1.807, 2.05) is 0 Å². The number of methoxy groups -OCH3 is 2. The Hall–Kier alpha value is -0.810. The summed E-state index contributed by atoms with van der Waals surface area (Å²) in [5, 5.41) is 0.914. The number of ether oxygens (including phenoxy) is 2. The number of nitrogens with zero attached hydrogens (tertiary/aromatic N) is 2. The minimum Gasteiger partial charge on any atom is -0.497 e. The topological polar surface area (TPSA) is 43.7 Å². The highest BCUT2D eigenvalue weighted by atomic mass is 35.5. The van der Waals surface area contributed by atoms with Gasteiger partial charge in [-0.15, -0.1) is 0 Å². The van der Waals surface area contributed by atoms with E-state index in [0.717, 1.165) is 0 Å². The Morgan fingerprint density at radius 2 is 1.78 bits per heavy atom. The maximum Gasteiger partial charge on any atom is 0.141 e. The molecule has 0 bridgehead atoms. The fourth-order valence-corrected chi connectivity index (χ4v) is 4.01. The van der Waals surface area contributed by atoms with Gasteiger partial charge in [0.2, 0.25) is 0 Å². The average molecular weight is 378 g/mol. The molecule has 4 nitrogen and oxygen atoms in total. The van der Waals surface area contributed by atoms with Crippen LogP contribution in [-0.2, 0) is 10.3 Å². The monoisotopic (exact) mass is 376 g/mol. The maximum atomic E-state index is 6.44. The van der Waals surface area contributed by atoms with Crippen LogP contribution in [0.2, 0.25) is 5.15 Å². The first-order valence-electron chi connectivity index (χ1n) is 7.03. The van der Waals surface area contributed by atoms with Crippen LogP contribution in [0.25, 0.3) is 0 Å². The van der Waals surface area contributed by atoms with Gasteiger partial charge in [0.15, 0.2) is 0 Å². The van der Waals surface area contributed by atoms with Crippen LogP contribution >= 0.6 is 34.8 Å². The molecule has 0 saturated carbocycles. The summed E-state index contributed by atoms with van der Waals surface area (Å²) in [6, 6.07) is 3.40. The van der Waals surface area contributed by atoms with Crippen LogP contribution in [0.3, 0.4) is 0 Å². The quantitative estimate of drug-likeness (QED) is 0.551. The Kier molecular flexibility index (Phi) is 5.31. The van der Waals surface area contributed by atoms with Crippen molar-refractivity contribution in [2.24, 2.45) is 16.3 Å². The smallest absolute Gasteiger partial charge is 0.141 e. The molecule has 2 unspecified atom stereocenters. The van der Waals surface area contributed by atoms with Crippen LogP contribution in [0.5, 0.6) is 5.75 Å². The molecule has 1 aromatic rings. The summed E-state index contributed by atoms with van der Waals surface area (Å²) in [7, 11) is 3.15. The highest BCUT2D eigenvalue weighted by molar-refractivity contribution is 6.66. The van der Waals surface area contributed by atoms with Crippen LogP contribution in [0.1, 0.15) is 26.5 Å². The second-order valence-electron chi connectivity index (χ2n) is 6.41. The SMILES string of the molecule is COc1cc(Cl)nc(C2(OC)C=C(Cl)N=C(Cl)C2C(C)(C)C)c1. The van der Waals surface area contributed by atoms with E-state index in [2.05, 4.69) is 30.7 Å². The highest BCUT2D eigenvalue weighted by Gasteiger charge is 2.51. The summed E-state index contributed by atoms with van der Waals surface area (Å²) in [5.74, 6) is 0.284. The lowest BCUT2D eigenvalue weighted by molar-refractivity contribution is -0.0377. The minimum absolute atomic E-state index is 0.248. The van der Waals surface area contributed by atoms with E-state index >= 15 is 0 Å². The van der Waals surface area contributed by atoms with Crippen molar-refractivity contribution in [3.05, 3.63) is 34.2 Å². The Balaban J connectivity index is 2.74. The molecule has 1 aromatic heterocycles. The van der Waals surface area contributed by atoms with Gasteiger partial charge in [0, 0.05) is 19.2 Å². The third-order valence-electron chi connectivity index (χ3n) is 3.82. The zero-order chi connectivity index (χ0) is 17.4. The van der Waals surface area contributed by atoms with Gasteiger partial charge in [-0.1, -0.05) is 55.6 Å². The summed E-state index contributed by atoms with van der Waals surface area (Å²) >= 11 is 18.7. The zero-order valence-corrected chi connectivity index (χ0v) is 15.9.